The third-order valence-corrected chi connectivity index (χ3v) is 9.88. The fourth-order valence-corrected chi connectivity index (χ4v) is 7.36. The molecule has 5 rings (SSSR count). The van der Waals surface area contributed by atoms with Gasteiger partial charge in [0, 0.05) is 24.0 Å². The number of aliphatic hydroxyl groups excluding tert-OH is 1. The average Bonchev–Trinajstić information content (AvgIpc) is 3.05. The summed E-state index contributed by atoms with van der Waals surface area (Å²) in [6.45, 7) is 10.7. The van der Waals surface area contributed by atoms with Gasteiger partial charge in [0.2, 0.25) is 11.8 Å². The second-order valence-electron chi connectivity index (χ2n) is 15.2. The number of hydrogen-bond acceptors (Lipinski definition) is 6. The molecule has 9 heteroatoms. The molecular formula is C39H53N5O4. The lowest BCUT2D eigenvalue weighted by Crippen LogP contribution is -2.61. The van der Waals surface area contributed by atoms with Crippen molar-refractivity contribution in [2.75, 3.05) is 13.1 Å². The van der Waals surface area contributed by atoms with Gasteiger partial charge in [0.25, 0.3) is 5.91 Å². The molecule has 2 fully saturated rings. The molecule has 2 aromatic carbocycles. The molecule has 0 bridgehead atoms. The van der Waals surface area contributed by atoms with Crippen LogP contribution in [-0.2, 0) is 16.0 Å². The number of likely N-dealkylation sites (tertiary alicyclic amines) is 1. The van der Waals surface area contributed by atoms with E-state index in [-0.39, 0.29) is 41.6 Å². The zero-order valence-corrected chi connectivity index (χ0v) is 29.1. The molecule has 6 atom stereocenters. The first-order chi connectivity index (χ1) is 22.9. The Kier molecular flexibility index (Phi) is 11.5. The number of carbonyl (C=O) groups is 3. The van der Waals surface area contributed by atoms with Gasteiger partial charge in [-0.3, -0.25) is 19.3 Å². The normalized spacial score (nSPS) is 21.9. The van der Waals surface area contributed by atoms with Crippen LogP contribution < -0.4 is 16.0 Å². The number of aromatic nitrogens is 1. The van der Waals surface area contributed by atoms with E-state index in [1.807, 2.05) is 95.3 Å². The third-order valence-electron chi connectivity index (χ3n) is 9.88. The number of fused-ring (bicyclic) bond motifs is 2. The fourth-order valence-electron chi connectivity index (χ4n) is 7.36. The molecule has 1 saturated carbocycles. The number of nitrogens with one attached hydrogen (secondary N) is 3. The zero-order chi connectivity index (χ0) is 34.4. The van der Waals surface area contributed by atoms with Crippen LogP contribution in [0.2, 0.25) is 0 Å². The van der Waals surface area contributed by atoms with Gasteiger partial charge in [0.1, 0.15) is 11.7 Å². The second kappa shape index (κ2) is 15.6. The largest absolute Gasteiger partial charge is 0.390 e. The Morgan fingerprint density at radius 1 is 0.917 bits per heavy atom. The Morgan fingerprint density at radius 2 is 1.60 bits per heavy atom. The number of β-amino-alcohol motifs (C(OH)–C–C–N with tert-alkyl or cyclic N) is 1. The summed E-state index contributed by atoms with van der Waals surface area (Å²) < 4.78 is 0. The molecule has 4 N–H and O–H groups in total. The minimum Gasteiger partial charge on any atom is -0.390 e. The summed E-state index contributed by atoms with van der Waals surface area (Å²) in [5, 5.41) is 22.0. The Balaban J connectivity index is 1.34. The number of nitrogens with zero attached hydrogens (tertiary/aromatic N) is 2. The van der Waals surface area contributed by atoms with Crippen molar-refractivity contribution in [1.82, 2.24) is 25.8 Å². The molecule has 0 radical (unpaired) electrons. The molecule has 1 saturated heterocycles. The summed E-state index contributed by atoms with van der Waals surface area (Å²) in [7, 11) is 0. The minimum atomic E-state index is -0.954. The maximum atomic E-state index is 13.9. The van der Waals surface area contributed by atoms with Crippen LogP contribution in [0, 0.1) is 17.8 Å². The monoisotopic (exact) mass is 655 g/mol. The van der Waals surface area contributed by atoms with E-state index in [2.05, 4.69) is 25.8 Å². The van der Waals surface area contributed by atoms with E-state index < -0.39 is 24.1 Å². The van der Waals surface area contributed by atoms with Crippen LogP contribution in [0.5, 0.6) is 0 Å². The van der Waals surface area contributed by atoms with E-state index in [9.17, 15) is 19.5 Å². The molecule has 258 valence electrons. The van der Waals surface area contributed by atoms with Crippen molar-refractivity contribution in [1.29, 1.82) is 0 Å². The van der Waals surface area contributed by atoms with Gasteiger partial charge in [-0.1, -0.05) is 87.7 Å². The molecule has 1 aromatic heterocycles. The molecule has 1 aliphatic carbocycles. The molecular weight excluding hydrogens is 602 g/mol. The molecule has 2 aliphatic rings. The fraction of sp³-hybridized carbons (Fsp3) is 0.538. The van der Waals surface area contributed by atoms with E-state index >= 15 is 0 Å². The lowest BCUT2D eigenvalue weighted by molar-refractivity contribution is -0.133. The van der Waals surface area contributed by atoms with Crippen molar-refractivity contribution in [3.63, 3.8) is 0 Å². The SMILES string of the molecule is CC(C)[C@H](NC(=O)c1ccc2ccccc2n1)C(=O)N[C@@H](Cc1ccccc1)[C@H](O)CN1C[C@H]2CCCC[C@H]2C[C@H]1C(=O)NC(C)(C)C. The van der Waals surface area contributed by atoms with Crippen LogP contribution in [0.3, 0.4) is 0 Å². The van der Waals surface area contributed by atoms with Gasteiger partial charge in [-0.25, -0.2) is 4.98 Å². The van der Waals surface area contributed by atoms with Crippen molar-refractivity contribution in [2.45, 2.75) is 103 Å². The number of piperidine rings is 1. The molecule has 1 aliphatic heterocycles. The predicted molar refractivity (Wildman–Crippen MR) is 189 cm³/mol. The summed E-state index contributed by atoms with van der Waals surface area (Å²) >= 11 is 0. The van der Waals surface area contributed by atoms with E-state index in [1.165, 1.54) is 12.8 Å². The van der Waals surface area contributed by atoms with Crippen molar-refractivity contribution >= 4 is 28.6 Å². The van der Waals surface area contributed by atoms with E-state index in [4.69, 9.17) is 0 Å². The number of hydrogen-bond donors (Lipinski definition) is 4. The first kappa shape index (κ1) is 35.5. The number of aliphatic hydroxyl groups is 1. The molecule has 0 spiro atoms. The van der Waals surface area contributed by atoms with Gasteiger partial charge in [-0.2, -0.15) is 0 Å². The number of carbonyl (C=O) groups excluding carboxylic acids is 3. The third kappa shape index (κ3) is 9.20. The van der Waals surface area contributed by atoms with Gasteiger partial charge in [0.15, 0.2) is 0 Å². The number of rotatable bonds is 11. The Hall–Kier alpha value is -3.82. The molecule has 2 heterocycles. The smallest absolute Gasteiger partial charge is 0.270 e. The van der Waals surface area contributed by atoms with Crippen molar-refractivity contribution in [3.8, 4) is 0 Å². The van der Waals surface area contributed by atoms with Gasteiger partial charge in [-0.15, -0.1) is 0 Å². The first-order valence-corrected chi connectivity index (χ1v) is 17.6. The number of benzene rings is 2. The highest BCUT2D eigenvalue weighted by atomic mass is 16.3. The lowest BCUT2D eigenvalue weighted by atomic mass is 9.72. The number of amides is 3. The van der Waals surface area contributed by atoms with Crippen LogP contribution >= 0.6 is 0 Å². The van der Waals surface area contributed by atoms with Crippen LogP contribution in [0.25, 0.3) is 10.9 Å². The van der Waals surface area contributed by atoms with Gasteiger partial charge in [0.05, 0.1) is 23.7 Å². The highest BCUT2D eigenvalue weighted by Gasteiger charge is 2.42. The van der Waals surface area contributed by atoms with Gasteiger partial charge in [-0.05, 0) is 75.5 Å². The molecule has 0 unspecified atom stereocenters. The zero-order valence-electron chi connectivity index (χ0n) is 29.1. The summed E-state index contributed by atoms with van der Waals surface area (Å²) in [5.41, 5.74) is 1.54. The maximum Gasteiger partial charge on any atom is 0.270 e. The number of pyridine rings is 1. The van der Waals surface area contributed by atoms with Gasteiger partial charge >= 0.3 is 0 Å². The highest BCUT2D eigenvalue weighted by Crippen LogP contribution is 2.39. The second-order valence-corrected chi connectivity index (χ2v) is 15.2. The first-order valence-electron chi connectivity index (χ1n) is 17.6. The predicted octanol–water partition coefficient (Wildman–Crippen LogP) is 4.87. The van der Waals surface area contributed by atoms with Gasteiger partial charge < -0.3 is 21.1 Å². The average molecular weight is 656 g/mol. The number of para-hydroxylation sites is 1. The summed E-state index contributed by atoms with van der Waals surface area (Å²) in [4.78, 5) is 47.6. The maximum absolute atomic E-state index is 13.9. The van der Waals surface area contributed by atoms with Crippen LogP contribution in [-0.4, -0.2) is 75.6 Å². The van der Waals surface area contributed by atoms with Crippen LogP contribution in [0.15, 0.2) is 66.7 Å². The lowest BCUT2D eigenvalue weighted by Gasteiger charge is -2.47. The molecule has 3 aromatic rings. The molecule has 9 nitrogen and oxygen atoms in total. The van der Waals surface area contributed by atoms with Crippen LogP contribution in [0.4, 0.5) is 0 Å². The minimum absolute atomic E-state index is 0.00717. The van der Waals surface area contributed by atoms with Crippen molar-refractivity contribution in [2.24, 2.45) is 17.8 Å². The standard InChI is InChI=1S/C39H53N5O4/c1-25(2)35(42-36(46)31-20-19-27-15-11-12-18-30(27)40-31)38(48)41-32(21-26-13-7-6-8-14-26)34(45)24-44-23-29-17-10-9-16-28(29)22-33(44)37(47)43-39(3,4)5/h6-8,11-15,18-20,25,28-29,32-35,45H,9-10,16-17,21-24H2,1-5H3,(H,41,48)(H,42,46)(H,43,47)/t28-,29+,32-,33-,34+,35-/m0/s1. The quantitative estimate of drug-likeness (QED) is 0.234. The van der Waals surface area contributed by atoms with E-state index in [0.29, 0.717) is 23.8 Å². The molecule has 48 heavy (non-hydrogen) atoms. The van der Waals surface area contributed by atoms with Crippen molar-refractivity contribution < 1.29 is 19.5 Å². The summed E-state index contributed by atoms with van der Waals surface area (Å²) in [6, 6.07) is 19.0. The van der Waals surface area contributed by atoms with Crippen LogP contribution in [0.1, 0.15) is 82.8 Å². The highest BCUT2D eigenvalue weighted by molar-refractivity contribution is 5.98. The Labute approximate surface area is 285 Å². The summed E-state index contributed by atoms with van der Waals surface area (Å²) in [5.74, 6) is -0.0248. The molecule has 3 amide bonds. The van der Waals surface area contributed by atoms with E-state index in [0.717, 1.165) is 36.8 Å². The Bertz CT molecular complexity index is 1550. The topological polar surface area (TPSA) is 124 Å². The summed E-state index contributed by atoms with van der Waals surface area (Å²) in [6.07, 6.45) is 4.90. The Morgan fingerprint density at radius 3 is 2.31 bits per heavy atom. The van der Waals surface area contributed by atoms with E-state index in [1.54, 1.807) is 6.07 Å². The van der Waals surface area contributed by atoms with Crippen molar-refractivity contribution in [3.05, 3.63) is 78.0 Å².